The van der Waals surface area contributed by atoms with Crippen LogP contribution < -0.4 is 15.8 Å². The fraction of sp³-hybridized carbons (Fsp3) is 0.455. The van der Waals surface area contributed by atoms with Gasteiger partial charge in [0.1, 0.15) is 0 Å². The molecule has 16 heavy (non-hydrogen) atoms. The van der Waals surface area contributed by atoms with Crippen molar-refractivity contribution in [2.24, 2.45) is 5.73 Å². The Morgan fingerprint density at radius 3 is 3.12 bits per heavy atom. The molecule has 1 rings (SSSR count). The molecule has 1 aromatic rings. The zero-order valence-corrected chi connectivity index (χ0v) is 9.40. The summed E-state index contributed by atoms with van der Waals surface area (Å²) in [5.41, 5.74) is 6.19. The van der Waals surface area contributed by atoms with Crippen LogP contribution in [0.15, 0.2) is 18.3 Å². The Labute approximate surface area is 95.0 Å². The van der Waals surface area contributed by atoms with E-state index in [1.54, 1.807) is 13.3 Å². The summed E-state index contributed by atoms with van der Waals surface area (Å²) in [6, 6.07) is 3.68. The predicted octanol–water partition coefficient (Wildman–Crippen LogP) is 0.445. The van der Waals surface area contributed by atoms with Crippen molar-refractivity contribution in [3.05, 3.63) is 23.9 Å². The lowest BCUT2D eigenvalue weighted by Gasteiger charge is -2.08. The molecule has 0 radical (unpaired) electrons. The van der Waals surface area contributed by atoms with Gasteiger partial charge in [0, 0.05) is 24.7 Å². The van der Waals surface area contributed by atoms with Crippen molar-refractivity contribution in [2.45, 2.75) is 19.4 Å². The second-order valence-corrected chi connectivity index (χ2v) is 3.34. The van der Waals surface area contributed by atoms with Crippen LogP contribution in [0, 0.1) is 0 Å². The molecule has 0 aliphatic carbocycles. The summed E-state index contributed by atoms with van der Waals surface area (Å²) in [4.78, 5) is 15.4. The summed E-state index contributed by atoms with van der Waals surface area (Å²) in [6.45, 7) is 0.962. The molecule has 88 valence electrons. The van der Waals surface area contributed by atoms with E-state index in [1.165, 1.54) is 0 Å². The molecule has 3 N–H and O–H groups in total. The molecule has 0 spiro atoms. The van der Waals surface area contributed by atoms with E-state index in [1.807, 2.05) is 12.1 Å². The highest BCUT2D eigenvalue weighted by Gasteiger charge is 2.05. The van der Waals surface area contributed by atoms with E-state index >= 15 is 0 Å². The average Bonchev–Trinajstić information content (AvgIpc) is 2.34. The molecule has 0 aromatic carbocycles. The highest BCUT2D eigenvalue weighted by molar-refractivity contribution is 5.75. The van der Waals surface area contributed by atoms with Gasteiger partial charge in [-0.1, -0.05) is 6.07 Å². The summed E-state index contributed by atoms with van der Waals surface area (Å²) in [7, 11) is 1.56. The first-order valence-electron chi connectivity index (χ1n) is 5.22. The summed E-state index contributed by atoms with van der Waals surface area (Å²) >= 11 is 0. The Kier molecular flexibility index (Phi) is 5.28. The number of nitrogens with one attached hydrogen (secondary N) is 1. The van der Waals surface area contributed by atoms with E-state index in [-0.39, 0.29) is 5.91 Å². The third-order valence-electron chi connectivity index (χ3n) is 2.13. The van der Waals surface area contributed by atoms with Gasteiger partial charge in [0.15, 0.2) is 0 Å². The maximum Gasteiger partial charge on any atom is 0.220 e. The van der Waals surface area contributed by atoms with Crippen LogP contribution in [0.1, 0.15) is 18.4 Å². The van der Waals surface area contributed by atoms with E-state index < -0.39 is 0 Å². The van der Waals surface area contributed by atoms with Gasteiger partial charge in [0.25, 0.3) is 0 Å². The van der Waals surface area contributed by atoms with E-state index in [0.717, 1.165) is 5.56 Å². The number of rotatable bonds is 6. The van der Waals surface area contributed by atoms with Crippen LogP contribution in [0.4, 0.5) is 0 Å². The summed E-state index contributed by atoms with van der Waals surface area (Å²) < 4.78 is 5.08. The van der Waals surface area contributed by atoms with Crippen molar-refractivity contribution < 1.29 is 9.53 Å². The van der Waals surface area contributed by atoms with Gasteiger partial charge >= 0.3 is 0 Å². The van der Waals surface area contributed by atoms with E-state index in [9.17, 15) is 4.79 Å². The topological polar surface area (TPSA) is 77.2 Å². The molecule has 5 heteroatoms. The van der Waals surface area contributed by atoms with Crippen molar-refractivity contribution in [1.29, 1.82) is 0 Å². The minimum absolute atomic E-state index is 0.00337. The molecule has 0 unspecified atom stereocenters. The number of nitrogens with zero attached hydrogens (tertiary/aromatic N) is 1. The predicted molar refractivity (Wildman–Crippen MR) is 60.9 cm³/mol. The van der Waals surface area contributed by atoms with Crippen LogP contribution in [-0.2, 0) is 11.3 Å². The standard InChI is InChI=1S/C11H17N3O2/c1-16-11-9(4-3-7-13-11)8-14-10(15)5-2-6-12/h3-4,7H,2,5-6,8,12H2,1H3,(H,14,15). The number of carbonyl (C=O) groups is 1. The lowest BCUT2D eigenvalue weighted by atomic mass is 10.2. The quantitative estimate of drug-likeness (QED) is 0.734. The van der Waals surface area contributed by atoms with Gasteiger partial charge in [0.05, 0.1) is 7.11 Å². The molecule has 5 nitrogen and oxygen atoms in total. The number of carbonyl (C=O) groups excluding carboxylic acids is 1. The maximum atomic E-state index is 11.3. The largest absolute Gasteiger partial charge is 0.481 e. The van der Waals surface area contributed by atoms with Gasteiger partial charge in [-0.25, -0.2) is 4.98 Å². The fourth-order valence-corrected chi connectivity index (χ4v) is 1.29. The fourth-order valence-electron chi connectivity index (χ4n) is 1.29. The number of amides is 1. The number of ether oxygens (including phenoxy) is 1. The molecule has 0 aliphatic heterocycles. The first-order chi connectivity index (χ1) is 7.77. The highest BCUT2D eigenvalue weighted by Crippen LogP contribution is 2.12. The second-order valence-electron chi connectivity index (χ2n) is 3.34. The molecule has 0 aliphatic rings. The van der Waals surface area contributed by atoms with Crippen molar-refractivity contribution in [3.63, 3.8) is 0 Å². The van der Waals surface area contributed by atoms with Crippen molar-refractivity contribution >= 4 is 5.91 Å². The third kappa shape index (κ3) is 3.86. The SMILES string of the molecule is COc1ncccc1CNC(=O)CCCN. The van der Waals surface area contributed by atoms with Crippen LogP contribution in [0.2, 0.25) is 0 Å². The van der Waals surface area contributed by atoms with Crippen molar-refractivity contribution in [3.8, 4) is 5.88 Å². The van der Waals surface area contributed by atoms with Crippen molar-refractivity contribution in [2.75, 3.05) is 13.7 Å². The Morgan fingerprint density at radius 1 is 1.62 bits per heavy atom. The number of pyridine rings is 1. The van der Waals surface area contributed by atoms with E-state index in [0.29, 0.717) is 31.8 Å². The minimum atomic E-state index is -0.00337. The minimum Gasteiger partial charge on any atom is -0.481 e. The van der Waals surface area contributed by atoms with Crippen LogP contribution in [0.5, 0.6) is 5.88 Å². The maximum absolute atomic E-state index is 11.3. The number of hydrogen-bond acceptors (Lipinski definition) is 4. The molecular weight excluding hydrogens is 206 g/mol. The monoisotopic (exact) mass is 223 g/mol. The zero-order chi connectivity index (χ0) is 11.8. The normalized spacial score (nSPS) is 9.88. The van der Waals surface area contributed by atoms with Gasteiger partial charge in [-0.15, -0.1) is 0 Å². The van der Waals surface area contributed by atoms with Crippen molar-refractivity contribution in [1.82, 2.24) is 10.3 Å². The Bertz CT molecular complexity index is 342. The Hall–Kier alpha value is -1.62. The number of aromatic nitrogens is 1. The molecule has 0 saturated heterocycles. The van der Waals surface area contributed by atoms with Crippen LogP contribution in [0.3, 0.4) is 0 Å². The number of nitrogens with two attached hydrogens (primary N) is 1. The van der Waals surface area contributed by atoms with Gasteiger partial charge in [-0.2, -0.15) is 0 Å². The van der Waals surface area contributed by atoms with E-state index in [2.05, 4.69) is 10.3 Å². The Balaban J connectivity index is 2.44. The zero-order valence-electron chi connectivity index (χ0n) is 9.40. The van der Waals surface area contributed by atoms with E-state index in [4.69, 9.17) is 10.5 Å². The first kappa shape index (κ1) is 12.4. The summed E-state index contributed by atoms with van der Waals surface area (Å²) in [6.07, 6.45) is 2.81. The summed E-state index contributed by atoms with van der Waals surface area (Å²) in [5, 5.41) is 2.79. The molecule has 0 fully saturated rings. The molecule has 1 amide bonds. The van der Waals surface area contributed by atoms with Gasteiger partial charge in [0.2, 0.25) is 11.8 Å². The smallest absolute Gasteiger partial charge is 0.220 e. The molecule has 1 heterocycles. The average molecular weight is 223 g/mol. The second kappa shape index (κ2) is 6.79. The molecule has 1 aromatic heterocycles. The third-order valence-corrected chi connectivity index (χ3v) is 2.13. The van der Waals surface area contributed by atoms with Gasteiger partial charge in [-0.05, 0) is 19.0 Å². The molecular formula is C11H17N3O2. The van der Waals surface area contributed by atoms with Crippen LogP contribution in [-0.4, -0.2) is 24.5 Å². The lowest BCUT2D eigenvalue weighted by Crippen LogP contribution is -2.23. The molecule has 0 bridgehead atoms. The number of methoxy groups -OCH3 is 1. The number of hydrogen-bond donors (Lipinski definition) is 2. The first-order valence-corrected chi connectivity index (χ1v) is 5.22. The Morgan fingerprint density at radius 2 is 2.44 bits per heavy atom. The summed E-state index contributed by atoms with van der Waals surface area (Å²) in [5.74, 6) is 0.540. The molecule has 0 saturated carbocycles. The van der Waals surface area contributed by atoms with Crippen LogP contribution >= 0.6 is 0 Å². The lowest BCUT2D eigenvalue weighted by molar-refractivity contribution is -0.121. The van der Waals surface area contributed by atoms with Gasteiger partial charge in [-0.3, -0.25) is 4.79 Å². The highest BCUT2D eigenvalue weighted by atomic mass is 16.5. The molecule has 0 atom stereocenters. The van der Waals surface area contributed by atoms with Crippen LogP contribution in [0.25, 0.3) is 0 Å². The van der Waals surface area contributed by atoms with Gasteiger partial charge < -0.3 is 15.8 Å².